The SMILES string of the molecule is CC(C)(C)OC(=O)[N+]1(C2CCNCC2)CCC(N(c2ccccc2)c2ccccc2)CC1. The monoisotopic (exact) mass is 436 g/mol. The van der Waals surface area contributed by atoms with Crippen LogP contribution < -0.4 is 10.2 Å². The van der Waals surface area contributed by atoms with Crippen LogP contribution in [0, 0.1) is 0 Å². The number of rotatable bonds is 4. The third-order valence-corrected chi connectivity index (χ3v) is 6.92. The van der Waals surface area contributed by atoms with E-state index in [9.17, 15) is 4.79 Å². The van der Waals surface area contributed by atoms with Crippen LogP contribution in [-0.4, -0.2) is 54.4 Å². The molecule has 2 heterocycles. The number of carbonyl (C=O) groups is 1. The lowest BCUT2D eigenvalue weighted by Gasteiger charge is -2.49. The zero-order valence-corrected chi connectivity index (χ0v) is 19.8. The van der Waals surface area contributed by atoms with Gasteiger partial charge in [0.1, 0.15) is 11.6 Å². The van der Waals surface area contributed by atoms with Crippen molar-refractivity contribution in [1.29, 1.82) is 0 Å². The van der Waals surface area contributed by atoms with E-state index in [-0.39, 0.29) is 6.09 Å². The highest BCUT2D eigenvalue weighted by molar-refractivity contribution is 5.64. The molecule has 0 bridgehead atoms. The van der Waals surface area contributed by atoms with Crippen LogP contribution in [0.4, 0.5) is 16.2 Å². The van der Waals surface area contributed by atoms with Gasteiger partial charge < -0.3 is 15.0 Å². The van der Waals surface area contributed by atoms with Crippen LogP contribution in [-0.2, 0) is 4.74 Å². The summed E-state index contributed by atoms with van der Waals surface area (Å²) in [5, 5.41) is 3.46. The topological polar surface area (TPSA) is 41.6 Å². The van der Waals surface area contributed by atoms with E-state index in [1.807, 2.05) is 20.8 Å². The fraction of sp³-hybridized carbons (Fsp3) is 0.519. The Morgan fingerprint density at radius 3 is 1.84 bits per heavy atom. The normalized spacial score (nSPS) is 24.7. The second kappa shape index (κ2) is 9.63. The minimum absolute atomic E-state index is 0.0335. The number of para-hydroxylation sites is 2. The number of hydrogen-bond donors (Lipinski definition) is 1. The summed E-state index contributed by atoms with van der Waals surface area (Å²) in [7, 11) is 0. The van der Waals surface area contributed by atoms with Crippen molar-refractivity contribution < 1.29 is 14.0 Å². The van der Waals surface area contributed by atoms with Gasteiger partial charge >= 0.3 is 6.09 Å². The van der Waals surface area contributed by atoms with Crippen LogP contribution in [0.3, 0.4) is 0 Å². The van der Waals surface area contributed by atoms with Gasteiger partial charge in [-0.25, -0.2) is 4.48 Å². The van der Waals surface area contributed by atoms with E-state index in [4.69, 9.17) is 4.74 Å². The number of anilines is 2. The minimum atomic E-state index is -0.466. The zero-order chi connectivity index (χ0) is 22.6. The maximum Gasteiger partial charge on any atom is 0.516 e. The number of nitrogens with zero attached hydrogens (tertiary/aromatic N) is 2. The van der Waals surface area contributed by atoms with Gasteiger partial charge in [-0.2, -0.15) is 4.79 Å². The summed E-state index contributed by atoms with van der Waals surface area (Å²) in [6.45, 7) is 9.56. The second-order valence-corrected chi connectivity index (χ2v) is 10.2. The number of likely N-dealkylation sites (tertiary alicyclic amines) is 1. The first-order valence-electron chi connectivity index (χ1n) is 12.1. The Morgan fingerprint density at radius 1 is 0.875 bits per heavy atom. The molecule has 2 saturated heterocycles. The summed E-state index contributed by atoms with van der Waals surface area (Å²) < 4.78 is 6.48. The molecule has 0 saturated carbocycles. The van der Waals surface area contributed by atoms with E-state index in [1.54, 1.807) is 0 Å². The first kappa shape index (κ1) is 22.8. The van der Waals surface area contributed by atoms with Crippen molar-refractivity contribution in [1.82, 2.24) is 5.32 Å². The van der Waals surface area contributed by atoms with E-state index >= 15 is 0 Å². The molecule has 5 heteroatoms. The number of nitrogens with one attached hydrogen (secondary N) is 1. The summed E-state index contributed by atoms with van der Waals surface area (Å²) >= 11 is 0. The molecular formula is C27H38N3O2+. The lowest BCUT2D eigenvalue weighted by atomic mass is 9.93. The quantitative estimate of drug-likeness (QED) is 0.644. The number of benzene rings is 2. The summed E-state index contributed by atoms with van der Waals surface area (Å²) in [5.74, 6) is 0. The lowest BCUT2D eigenvalue weighted by molar-refractivity contribution is -0.889. The lowest BCUT2D eigenvalue weighted by Crippen LogP contribution is -2.66. The van der Waals surface area contributed by atoms with Gasteiger partial charge in [-0.1, -0.05) is 36.4 Å². The molecule has 0 aromatic heterocycles. The molecule has 5 nitrogen and oxygen atoms in total. The third-order valence-electron chi connectivity index (χ3n) is 6.92. The minimum Gasteiger partial charge on any atom is -0.414 e. The average molecular weight is 437 g/mol. The Kier molecular flexibility index (Phi) is 6.87. The number of quaternary nitrogens is 1. The van der Waals surface area contributed by atoms with Gasteiger partial charge in [-0.3, -0.25) is 0 Å². The Morgan fingerprint density at radius 2 is 1.38 bits per heavy atom. The molecule has 0 aliphatic carbocycles. The maximum absolute atomic E-state index is 13.6. The van der Waals surface area contributed by atoms with Gasteiger partial charge in [0.05, 0.1) is 13.1 Å². The summed E-state index contributed by atoms with van der Waals surface area (Å²) in [5.41, 5.74) is 1.96. The van der Waals surface area contributed by atoms with E-state index in [2.05, 4.69) is 70.9 Å². The Bertz CT molecular complexity index is 825. The van der Waals surface area contributed by atoms with Crippen molar-refractivity contribution in [3.05, 3.63) is 60.7 Å². The molecule has 1 amide bonds. The van der Waals surface area contributed by atoms with Crippen molar-refractivity contribution in [2.45, 2.75) is 64.1 Å². The highest BCUT2D eigenvalue weighted by Crippen LogP contribution is 2.36. The summed E-state index contributed by atoms with van der Waals surface area (Å²) in [6.07, 6.45) is 3.96. The molecule has 0 atom stereocenters. The number of carbonyl (C=O) groups excluding carboxylic acids is 1. The van der Waals surface area contributed by atoms with Crippen LogP contribution in [0.1, 0.15) is 46.5 Å². The number of piperidine rings is 2. The van der Waals surface area contributed by atoms with Gasteiger partial charge in [0.15, 0.2) is 0 Å². The predicted octanol–water partition coefficient (Wildman–Crippen LogP) is 5.49. The molecule has 172 valence electrons. The van der Waals surface area contributed by atoms with Crippen molar-refractivity contribution in [2.75, 3.05) is 31.1 Å². The van der Waals surface area contributed by atoms with Crippen LogP contribution in [0.15, 0.2) is 60.7 Å². The fourth-order valence-corrected chi connectivity index (χ4v) is 5.37. The van der Waals surface area contributed by atoms with E-state index in [0.29, 0.717) is 16.6 Å². The van der Waals surface area contributed by atoms with Gasteiger partial charge in [0.25, 0.3) is 0 Å². The molecule has 1 N–H and O–H groups in total. The molecule has 2 fully saturated rings. The third kappa shape index (κ3) is 5.00. The highest BCUT2D eigenvalue weighted by atomic mass is 16.6. The van der Waals surface area contributed by atoms with Crippen molar-refractivity contribution in [2.24, 2.45) is 0 Å². The highest BCUT2D eigenvalue weighted by Gasteiger charge is 2.50. The van der Waals surface area contributed by atoms with Gasteiger partial charge in [0.2, 0.25) is 0 Å². The summed E-state index contributed by atoms with van der Waals surface area (Å²) in [6, 6.07) is 22.0. The molecule has 2 aromatic rings. The van der Waals surface area contributed by atoms with Crippen LogP contribution >= 0.6 is 0 Å². The van der Waals surface area contributed by atoms with E-state index < -0.39 is 5.60 Å². The summed E-state index contributed by atoms with van der Waals surface area (Å²) in [4.78, 5) is 16.0. The molecule has 2 aromatic carbocycles. The maximum atomic E-state index is 13.6. The van der Waals surface area contributed by atoms with E-state index in [0.717, 1.165) is 51.9 Å². The van der Waals surface area contributed by atoms with Crippen molar-refractivity contribution in [3.8, 4) is 0 Å². The van der Waals surface area contributed by atoms with Crippen molar-refractivity contribution >= 4 is 17.5 Å². The van der Waals surface area contributed by atoms with Crippen LogP contribution in [0.5, 0.6) is 0 Å². The largest absolute Gasteiger partial charge is 0.516 e. The van der Waals surface area contributed by atoms with Crippen molar-refractivity contribution in [3.63, 3.8) is 0 Å². The molecule has 2 aliphatic rings. The fourth-order valence-electron chi connectivity index (χ4n) is 5.37. The number of hydrogen-bond acceptors (Lipinski definition) is 4. The molecule has 32 heavy (non-hydrogen) atoms. The average Bonchev–Trinajstić information content (AvgIpc) is 2.81. The molecule has 0 spiro atoms. The molecule has 4 rings (SSSR count). The molecular weight excluding hydrogens is 398 g/mol. The molecule has 0 unspecified atom stereocenters. The van der Waals surface area contributed by atoms with Crippen LogP contribution in [0.25, 0.3) is 0 Å². The van der Waals surface area contributed by atoms with Gasteiger partial charge in [-0.05, 0) is 45.0 Å². The van der Waals surface area contributed by atoms with Gasteiger partial charge in [0, 0.05) is 56.2 Å². The molecule has 2 aliphatic heterocycles. The van der Waals surface area contributed by atoms with E-state index in [1.165, 1.54) is 11.4 Å². The van der Waals surface area contributed by atoms with Crippen LogP contribution in [0.2, 0.25) is 0 Å². The number of ether oxygens (including phenoxy) is 1. The first-order chi connectivity index (χ1) is 15.4. The predicted molar refractivity (Wildman–Crippen MR) is 130 cm³/mol. The standard InChI is InChI=1S/C27H38N3O2/c1-27(2,3)32-26(31)30(25-14-18-28-19-15-25)20-16-24(17-21-30)29(22-10-6-4-7-11-22)23-12-8-5-9-13-23/h4-13,24-25,28H,14-21H2,1-3H3/q+1. The Hall–Kier alpha value is -2.37. The zero-order valence-electron chi connectivity index (χ0n) is 19.8. The second-order valence-electron chi connectivity index (χ2n) is 10.2. The molecule has 0 radical (unpaired) electrons. The Labute approximate surface area is 193 Å². The number of amides is 1. The Balaban J connectivity index is 1.60. The van der Waals surface area contributed by atoms with Gasteiger partial charge in [-0.15, -0.1) is 0 Å². The first-order valence-corrected chi connectivity index (χ1v) is 12.1. The smallest absolute Gasteiger partial charge is 0.414 e.